The van der Waals surface area contributed by atoms with Crippen molar-refractivity contribution in [3.05, 3.63) is 36.4 Å². The Morgan fingerprint density at radius 2 is 1.89 bits per heavy atom. The van der Waals surface area contributed by atoms with E-state index in [1.165, 1.54) is 42.2 Å². The second kappa shape index (κ2) is 8.23. The summed E-state index contributed by atoms with van der Waals surface area (Å²) >= 11 is 0. The Labute approximate surface area is 171 Å². The molecule has 1 N–H and O–H groups in total. The summed E-state index contributed by atoms with van der Waals surface area (Å²) in [5, 5.41) is 5.52. The maximum Gasteiger partial charge on any atom is 0.137 e. The number of aromatic nitrogens is 4. The molecule has 0 radical (unpaired) electrons. The van der Waals surface area contributed by atoms with E-state index in [1.54, 1.807) is 0 Å². The van der Waals surface area contributed by atoms with Gasteiger partial charge in [-0.25, -0.2) is 4.98 Å². The molecule has 2 aliphatic rings. The van der Waals surface area contributed by atoms with Gasteiger partial charge in [-0.05, 0) is 43.2 Å². The summed E-state index contributed by atoms with van der Waals surface area (Å²) in [7, 11) is 1.95. The van der Waals surface area contributed by atoms with Crippen molar-refractivity contribution >= 4 is 23.4 Å². The molecular formula is C21H28ClN5O. The lowest BCUT2D eigenvalue weighted by Gasteiger charge is -2.38. The number of H-pyrrole nitrogens is 1. The van der Waals surface area contributed by atoms with E-state index in [0.29, 0.717) is 5.92 Å². The van der Waals surface area contributed by atoms with Crippen LogP contribution < -0.4 is 0 Å². The minimum absolute atomic E-state index is 0. The van der Waals surface area contributed by atoms with Crippen LogP contribution in [-0.2, 0) is 11.8 Å². The quantitative estimate of drug-likeness (QED) is 0.726. The van der Waals surface area contributed by atoms with Crippen molar-refractivity contribution in [3.63, 3.8) is 0 Å². The van der Waals surface area contributed by atoms with E-state index in [9.17, 15) is 0 Å². The van der Waals surface area contributed by atoms with Crippen molar-refractivity contribution in [2.75, 3.05) is 26.3 Å². The molecular weight excluding hydrogens is 374 g/mol. The van der Waals surface area contributed by atoms with Gasteiger partial charge in [-0.1, -0.05) is 0 Å². The Balaban J connectivity index is 0.00000192. The van der Waals surface area contributed by atoms with Crippen molar-refractivity contribution in [1.82, 2.24) is 24.6 Å². The van der Waals surface area contributed by atoms with Gasteiger partial charge in [0.15, 0.2) is 0 Å². The maximum absolute atomic E-state index is 5.50. The van der Waals surface area contributed by atoms with Crippen LogP contribution in [-0.4, -0.2) is 57.0 Å². The number of aromatic amines is 1. The molecule has 0 unspecified atom stereocenters. The molecule has 0 bridgehead atoms. The highest BCUT2D eigenvalue weighted by molar-refractivity contribution is 5.93. The second-order valence-electron chi connectivity index (χ2n) is 7.92. The number of halogens is 1. The van der Waals surface area contributed by atoms with Gasteiger partial charge in [-0.2, -0.15) is 5.10 Å². The van der Waals surface area contributed by atoms with Gasteiger partial charge >= 0.3 is 0 Å². The van der Waals surface area contributed by atoms with E-state index in [0.717, 1.165) is 43.6 Å². The molecule has 150 valence electrons. The van der Waals surface area contributed by atoms with E-state index < -0.39 is 0 Å². The molecule has 1 aliphatic carbocycles. The number of pyridine rings is 1. The minimum atomic E-state index is 0. The van der Waals surface area contributed by atoms with Gasteiger partial charge in [0.1, 0.15) is 5.65 Å². The molecule has 3 aromatic heterocycles. The average molecular weight is 402 g/mol. The molecule has 7 heteroatoms. The third kappa shape index (κ3) is 3.69. The van der Waals surface area contributed by atoms with Crippen LogP contribution in [0, 0.1) is 0 Å². The van der Waals surface area contributed by atoms with E-state index in [-0.39, 0.29) is 12.4 Å². The van der Waals surface area contributed by atoms with Crippen LogP contribution in [0.3, 0.4) is 0 Å². The van der Waals surface area contributed by atoms with Crippen molar-refractivity contribution in [1.29, 1.82) is 0 Å². The maximum atomic E-state index is 5.50. The second-order valence-corrected chi connectivity index (χ2v) is 7.92. The SMILES string of the molecule is Cl.Cn1cc(-c2c[nH]c3ncc([C@H]4CC[C@H](N5CCOCC5)CC4)cc23)cn1. The third-order valence-electron chi connectivity index (χ3n) is 6.30. The number of hydrogen-bond acceptors (Lipinski definition) is 4. The van der Waals surface area contributed by atoms with E-state index >= 15 is 0 Å². The Morgan fingerprint density at radius 3 is 2.61 bits per heavy atom. The first kappa shape index (κ1) is 19.4. The molecule has 5 rings (SSSR count). The molecule has 2 fully saturated rings. The highest BCUT2D eigenvalue weighted by Crippen LogP contribution is 2.37. The molecule has 0 aromatic carbocycles. The lowest BCUT2D eigenvalue weighted by Crippen LogP contribution is -2.44. The summed E-state index contributed by atoms with van der Waals surface area (Å²) in [6.07, 6.45) is 13.2. The summed E-state index contributed by atoms with van der Waals surface area (Å²) in [4.78, 5) is 10.7. The summed E-state index contributed by atoms with van der Waals surface area (Å²) in [5.74, 6) is 0.621. The zero-order valence-electron chi connectivity index (χ0n) is 16.3. The number of morpholine rings is 1. The van der Waals surface area contributed by atoms with Crippen molar-refractivity contribution in [2.24, 2.45) is 7.05 Å². The van der Waals surface area contributed by atoms with Crippen LogP contribution in [0.4, 0.5) is 0 Å². The van der Waals surface area contributed by atoms with E-state index in [1.807, 2.05) is 24.1 Å². The Hall–Kier alpha value is -1.89. The topological polar surface area (TPSA) is 59.0 Å². The lowest BCUT2D eigenvalue weighted by molar-refractivity contribution is 0.00729. The van der Waals surface area contributed by atoms with E-state index in [4.69, 9.17) is 9.72 Å². The molecule has 1 saturated carbocycles. The minimum Gasteiger partial charge on any atom is -0.379 e. The fraction of sp³-hybridized carbons (Fsp3) is 0.524. The molecule has 28 heavy (non-hydrogen) atoms. The highest BCUT2D eigenvalue weighted by atomic mass is 35.5. The normalized spacial score (nSPS) is 23.6. The number of nitrogens with one attached hydrogen (secondary N) is 1. The number of aryl methyl sites for hydroxylation is 1. The van der Waals surface area contributed by atoms with Gasteiger partial charge in [0.05, 0.1) is 19.4 Å². The van der Waals surface area contributed by atoms with Gasteiger partial charge in [0, 0.05) is 61.3 Å². The van der Waals surface area contributed by atoms with Gasteiger partial charge < -0.3 is 9.72 Å². The predicted molar refractivity (Wildman–Crippen MR) is 113 cm³/mol. The Morgan fingerprint density at radius 1 is 1.11 bits per heavy atom. The van der Waals surface area contributed by atoms with Gasteiger partial charge in [0.25, 0.3) is 0 Å². The monoisotopic (exact) mass is 401 g/mol. The highest BCUT2D eigenvalue weighted by Gasteiger charge is 2.28. The van der Waals surface area contributed by atoms with Crippen LogP contribution in [0.2, 0.25) is 0 Å². The van der Waals surface area contributed by atoms with Crippen molar-refractivity contribution in [2.45, 2.75) is 37.6 Å². The molecule has 0 amide bonds. The first-order chi connectivity index (χ1) is 13.3. The smallest absolute Gasteiger partial charge is 0.137 e. The van der Waals surface area contributed by atoms with Gasteiger partial charge in [0.2, 0.25) is 0 Å². The van der Waals surface area contributed by atoms with Crippen molar-refractivity contribution < 1.29 is 4.74 Å². The van der Waals surface area contributed by atoms with Crippen LogP contribution in [0.5, 0.6) is 0 Å². The van der Waals surface area contributed by atoms with Gasteiger partial charge in [-0.3, -0.25) is 9.58 Å². The molecule has 4 heterocycles. The fourth-order valence-corrected chi connectivity index (χ4v) is 4.76. The molecule has 0 spiro atoms. The summed E-state index contributed by atoms with van der Waals surface area (Å²) in [6.45, 7) is 3.98. The Kier molecular flexibility index (Phi) is 5.71. The predicted octanol–water partition coefficient (Wildman–Crippen LogP) is 3.74. The summed E-state index contributed by atoms with van der Waals surface area (Å²) in [5.41, 5.74) is 4.67. The van der Waals surface area contributed by atoms with Crippen LogP contribution in [0.25, 0.3) is 22.2 Å². The van der Waals surface area contributed by atoms with E-state index in [2.05, 4.69) is 33.4 Å². The lowest BCUT2D eigenvalue weighted by atomic mass is 9.81. The van der Waals surface area contributed by atoms with Crippen LogP contribution >= 0.6 is 12.4 Å². The largest absolute Gasteiger partial charge is 0.379 e. The average Bonchev–Trinajstić information content (AvgIpc) is 3.34. The van der Waals surface area contributed by atoms with Crippen LogP contribution in [0.15, 0.2) is 30.9 Å². The van der Waals surface area contributed by atoms with Crippen LogP contribution in [0.1, 0.15) is 37.2 Å². The first-order valence-corrected chi connectivity index (χ1v) is 10.1. The number of ether oxygens (including phenoxy) is 1. The number of hydrogen-bond donors (Lipinski definition) is 1. The standard InChI is InChI=1S/C21H27N5O.ClH/c1-25-14-17(12-24-25)20-13-23-21-19(20)10-16(11-22-21)15-2-4-18(5-3-15)26-6-8-27-9-7-26;/h10-15,18H,2-9H2,1H3,(H,22,23);1H/t15-,18-;. The molecule has 1 aliphatic heterocycles. The molecule has 6 nitrogen and oxygen atoms in total. The summed E-state index contributed by atoms with van der Waals surface area (Å²) < 4.78 is 7.35. The number of fused-ring (bicyclic) bond motifs is 1. The zero-order valence-corrected chi connectivity index (χ0v) is 17.1. The third-order valence-corrected chi connectivity index (χ3v) is 6.30. The fourth-order valence-electron chi connectivity index (χ4n) is 4.76. The number of rotatable bonds is 3. The first-order valence-electron chi connectivity index (χ1n) is 10.1. The van der Waals surface area contributed by atoms with Crippen molar-refractivity contribution in [3.8, 4) is 11.1 Å². The molecule has 3 aromatic rings. The number of nitrogens with zero attached hydrogens (tertiary/aromatic N) is 4. The zero-order chi connectivity index (χ0) is 18.2. The molecule has 1 saturated heterocycles. The summed E-state index contributed by atoms with van der Waals surface area (Å²) in [6, 6.07) is 3.08. The van der Waals surface area contributed by atoms with Gasteiger partial charge in [-0.15, -0.1) is 12.4 Å². The molecule has 0 atom stereocenters. The Bertz CT molecular complexity index is 922.